The summed E-state index contributed by atoms with van der Waals surface area (Å²) in [5, 5.41) is 8.62. The van der Waals surface area contributed by atoms with E-state index in [1.165, 1.54) is 18.4 Å². The summed E-state index contributed by atoms with van der Waals surface area (Å²) >= 11 is 0. The number of hydrogen-bond acceptors (Lipinski definition) is 3. The van der Waals surface area contributed by atoms with Crippen LogP contribution in [-0.2, 0) is 14.3 Å². The third-order valence-corrected chi connectivity index (χ3v) is 5.29. The van der Waals surface area contributed by atoms with Crippen molar-refractivity contribution in [3.8, 4) is 0 Å². The van der Waals surface area contributed by atoms with Gasteiger partial charge in [0.25, 0.3) is 0 Å². The Labute approximate surface area is 170 Å². The van der Waals surface area contributed by atoms with Gasteiger partial charge in [0.15, 0.2) is 0 Å². The van der Waals surface area contributed by atoms with Crippen LogP contribution in [-0.4, -0.2) is 23.1 Å². The van der Waals surface area contributed by atoms with E-state index in [2.05, 4.69) is 31.2 Å². The molecule has 0 aliphatic heterocycles. The fraction of sp³-hybridized carbons (Fsp3) is 0.667. The minimum atomic E-state index is -0.699. The number of carbonyl (C=O) groups is 2. The molecule has 158 valence electrons. The molecule has 0 aromatic heterocycles. The molecule has 1 rings (SSSR count). The first-order valence-electron chi connectivity index (χ1n) is 10.9. The number of ether oxygens (including phenoxy) is 1. The number of carboxylic acids is 1. The number of aliphatic carboxylic acids is 1. The molecule has 0 radical (unpaired) electrons. The molecule has 0 saturated carbocycles. The third kappa shape index (κ3) is 10.5. The first-order valence-corrected chi connectivity index (χ1v) is 10.9. The van der Waals surface area contributed by atoms with E-state index in [9.17, 15) is 9.59 Å². The molecule has 1 N–H and O–H groups in total. The highest BCUT2D eigenvalue weighted by atomic mass is 16.5. The van der Waals surface area contributed by atoms with Crippen LogP contribution in [0.3, 0.4) is 0 Å². The van der Waals surface area contributed by atoms with Gasteiger partial charge in [0.2, 0.25) is 0 Å². The molecular formula is C24H38O4. The Balaban J connectivity index is 2.34. The van der Waals surface area contributed by atoms with Crippen LogP contribution in [0.2, 0.25) is 0 Å². The molecule has 0 amide bonds. The van der Waals surface area contributed by atoms with Gasteiger partial charge in [-0.3, -0.25) is 9.59 Å². The summed E-state index contributed by atoms with van der Waals surface area (Å²) in [6.07, 6.45) is 10.5. The van der Waals surface area contributed by atoms with E-state index < -0.39 is 5.97 Å². The van der Waals surface area contributed by atoms with Gasteiger partial charge in [-0.15, -0.1) is 0 Å². The number of hydrogen-bond donors (Lipinski definition) is 1. The highest BCUT2D eigenvalue weighted by Crippen LogP contribution is 2.26. The number of aryl methyl sites for hydroxylation is 1. The van der Waals surface area contributed by atoms with E-state index in [0.29, 0.717) is 0 Å². The Hall–Kier alpha value is -1.84. The van der Waals surface area contributed by atoms with E-state index in [1.54, 1.807) is 0 Å². The molecule has 1 aromatic carbocycles. The van der Waals surface area contributed by atoms with Crippen molar-refractivity contribution in [3.05, 3.63) is 35.4 Å². The van der Waals surface area contributed by atoms with Gasteiger partial charge in [0.1, 0.15) is 0 Å². The fourth-order valence-corrected chi connectivity index (χ4v) is 3.27. The number of carboxylic acid groups (broad SMARTS) is 1. The number of benzene rings is 1. The second-order valence-electron chi connectivity index (χ2n) is 7.88. The second-order valence-corrected chi connectivity index (χ2v) is 7.88. The van der Waals surface area contributed by atoms with Crippen molar-refractivity contribution in [1.29, 1.82) is 0 Å². The highest BCUT2D eigenvalue weighted by molar-refractivity contribution is 5.78. The Morgan fingerprint density at radius 1 is 0.929 bits per heavy atom. The lowest BCUT2D eigenvalue weighted by Gasteiger charge is -2.19. The van der Waals surface area contributed by atoms with Gasteiger partial charge >= 0.3 is 11.9 Å². The number of rotatable bonds is 15. The van der Waals surface area contributed by atoms with Crippen molar-refractivity contribution >= 4 is 11.9 Å². The van der Waals surface area contributed by atoms with Gasteiger partial charge < -0.3 is 9.84 Å². The van der Waals surface area contributed by atoms with Crippen molar-refractivity contribution in [2.45, 2.75) is 103 Å². The standard InChI is InChI=1S/C24H38O4/c1-4-20(3)28-24(27)22(21-17-15-19(2)16-18-21)13-11-9-7-5-6-8-10-12-14-23(25)26/h15-18,20,22H,4-14H2,1-3H3,(H,25,26). The fourth-order valence-electron chi connectivity index (χ4n) is 3.27. The monoisotopic (exact) mass is 390 g/mol. The molecule has 0 fully saturated rings. The summed E-state index contributed by atoms with van der Waals surface area (Å²) in [4.78, 5) is 23.1. The van der Waals surface area contributed by atoms with E-state index in [0.717, 1.165) is 56.9 Å². The minimum Gasteiger partial charge on any atom is -0.481 e. The molecule has 0 heterocycles. The van der Waals surface area contributed by atoms with Gasteiger partial charge in [-0.05, 0) is 38.7 Å². The highest BCUT2D eigenvalue weighted by Gasteiger charge is 2.23. The lowest BCUT2D eigenvalue weighted by molar-refractivity contribution is -0.150. The van der Waals surface area contributed by atoms with Crippen LogP contribution in [0.15, 0.2) is 24.3 Å². The van der Waals surface area contributed by atoms with Crippen LogP contribution in [0, 0.1) is 6.92 Å². The SMILES string of the molecule is CCC(C)OC(=O)C(CCCCCCCCCCC(=O)O)c1ccc(C)cc1. The summed E-state index contributed by atoms with van der Waals surface area (Å²) in [5.41, 5.74) is 2.25. The minimum absolute atomic E-state index is 0.0402. The normalized spacial score (nSPS) is 13.1. The van der Waals surface area contributed by atoms with Crippen LogP contribution >= 0.6 is 0 Å². The average molecular weight is 391 g/mol. The third-order valence-electron chi connectivity index (χ3n) is 5.29. The maximum Gasteiger partial charge on any atom is 0.313 e. The molecule has 2 unspecified atom stereocenters. The van der Waals surface area contributed by atoms with Crippen molar-refractivity contribution < 1.29 is 19.4 Å². The zero-order valence-electron chi connectivity index (χ0n) is 17.9. The predicted octanol–water partition coefficient (Wildman–Crippen LogP) is 6.41. The van der Waals surface area contributed by atoms with E-state index in [1.807, 2.05) is 13.8 Å². The largest absolute Gasteiger partial charge is 0.481 e. The molecule has 0 aliphatic rings. The summed E-state index contributed by atoms with van der Waals surface area (Å²) in [6, 6.07) is 8.22. The van der Waals surface area contributed by atoms with Gasteiger partial charge in [0.05, 0.1) is 12.0 Å². The molecule has 2 atom stereocenters. The number of esters is 1. The first kappa shape index (κ1) is 24.2. The second kappa shape index (κ2) is 14.2. The maximum atomic E-state index is 12.6. The number of unbranched alkanes of at least 4 members (excludes halogenated alkanes) is 7. The van der Waals surface area contributed by atoms with Crippen molar-refractivity contribution in [1.82, 2.24) is 0 Å². The van der Waals surface area contributed by atoms with Crippen molar-refractivity contribution in [3.63, 3.8) is 0 Å². The predicted molar refractivity (Wildman–Crippen MR) is 114 cm³/mol. The molecule has 4 nitrogen and oxygen atoms in total. The molecule has 1 aromatic rings. The van der Waals surface area contributed by atoms with Crippen molar-refractivity contribution in [2.24, 2.45) is 0 Å². The van der Waals surface area contributed by atoms with Gasteiger partial charge in [0, 0.05) is 6.42 Å². The molecule has 0 saturated heterocycles. The van der Waals surface area contributed by atoms with Crippen molar-refractivity contribution in [2.75, 3.05) is 0 Å². The zero-order chi connectivity index (χ0) is 20.8. The zero-order valence-corrected chi connectivity index (χ0v) is 17.9. The lowest BCUT2D eigenvalue weighted by Crippen LogP contribution is -2.21. The Morgan fingerprint density at radius 3 is 2.00 bits per heavy atom. The molecular weight excluding hydrogens is 352 g/mol. The maximum absolute atomic E-state index is 12.6. The Bertz CT molecular complexity index is 564. The van der Waals surface area contributed by atoms with E-state index in [4.69, 9.17) is 9.84 Å². The molecule has 28 heavy (non-hydrogen) atoms. The van der Waals surface area contributed by atoms with Gasteiger partial charge in [-0.1, -0.05) is 81.7 Å². The molecule has 0 spiro atoms. The summed E-state index contributed by atoms with van der Waals surface area (Å²) in [6.45, 7) is 6.03. The van der Waals surface area contributed by atoms with Crippen LogP contribution in [0.1, 0.15) is 102 Å². The van der Waals surface area contributed by atoms with Crippen LogP contribution in [0.25, 0.3) is 0 Å². The van der Waals surface area contributed by atoms with E-state index in [-0.39, 0.29) is 24.4 Å². The smallest absolute Gasteiger partial charge is 0.313 e. The van der Waals surface area contributed by atoms with E-state index >= 15 is 0 Å². The quantitative estimate of drug-likeness (QED) is 0.278. The first-order chi connectivity index (χ1) is 13.4. The summed E-state index contributed by atoms with van der Waals surface area (Å²) < 4.78 is 5.62. The molecule has 0 aliphatic carbocycles. The van der Waals surface area contributed by atoms with Crippen LogP contribution < -0.4 is 0 Å². The van der Waals surface area contributed by atoms with Crippen LogP contribution in [0.5, 0.6) is 0 Å². The summed E-state index contributed by atoms with van der Waals surface area (Å²) in [7, 11) is 0. The topological polar surface area (TPSA) is 63.6 Å². The summed E-state index contributed by atoms with van der Waals surface area (Å²) in [5.74, 6) is -0.975. The Morgan fingerprint density at radius 2 is 1.46 bits per heavy atom. The van der Waals surface area contributed by atoms with Gasteiger partial charge in [-0.2, -0.15) is 0 Å². The molecule has 4 heteroatoms. The van der Waals surface area contributed by atoms with Crippen LogP contribution in [0.4, 0.5) is 0 Å². The number of carbonyl (C=O) groups excluding carboxylic acids is 1. The lowest BCUT2D eigenvalue weighted by atomic mass is 9.92. The molecule has 0 bridgehead atoms. The average Bonchev–Trinajstić information content (AvgIpc) is 2.66. The van der Waals surface area contributed by atoms with Gasteiger partial charge in [-0.25, -0.2) is 0 Å². The Kier molecular flexibility index (Phi) is 12.3.